The maximum atomic E-state index is 2.24. The second kappa shape index (κ2) is 2.67. The third-order valence-corrected chi connectivity index (χ3v) is 2.01. The average molecular weight is 133 g/mol. The van der Waals surface area contributed by atoms with E-state index < -0.39 is 0 Å². The summed E-state index contributed by atoms with van der Waals surface area (Å²) in [5.41, 5.74) is 0.375. The van der Waals surface area contributed by atoms with Gasteiger partial charge in [-0.05, 0) is 20.8 Å². The molecule has 0 spiro atoms. The second-order valence-electron chi connectivity index (χ2n) is 4.18. The molecule has 0 aromatic carbocycles. The van der Waals surface area contributed by atoms with E-state index in [-0.39, 0.29) is 5.48 Å². The van der Waals surface area contributed by atoms with Crippen molar-refractivity contribution < 1.29 is 9.96 Å². The van der Waals surface area contributed by atoms with E-state index in [0.29, 0.717) is 5.54 Å². The Hall–Kier alpha value is -0.0800. The van der Waals surface area contributed by atoms with E-state index in [9.17, 15) is 0 Å². The minimum Gasteiger partial charge on any atom is -0.870 e. The highest BCUT2D eigenvalue weighted by Gasteiger charge is 2.25. The Balaban J connectivity index is 0. The Morgan fingerprint density at radius 2 is 1.00 bits per heavy atom. The first-order chi connectivity index (χ1) is 3.25. The molecule has 0 atom stereocenters. The van der Waals surface area contributed by atoms with Crippen molar-refractivity contribution in [2.45, 2.75) is 26.3 Å². The minimum atomic E-state index is 0. The van der Waals surface area contributed by atoms with Crippen LogP contribution in [0.2, 0.25) is 0 Å². The van der Waals surface area contributed by atoms with E-state index in [1.807, 2.05) is 0 Å². The van der Waals surface area contributed by atoms with Crippen molar-refractivity contribution >= 4 is 0 Å². The fourth-order valence-corrected chi connectivity index (χ4v) is 0. The summed E-state index contributed by atoms with van der Waals surface area (Å²) in [6.07, 6.45) is 0. The summed E-state index contributed by atoms with van der Waals surface area (Å²) in [6, 6.07) is 0. The molecule has 0 aromatic heterocycles. The molecule has 0 aliphatic rings. The molecule has 0 aromatic rings. The quantitative estimate of drug-likeness (QED) is 0.458. The lowest BCUT2D eigenvalue weighted by Crippen LogP contribution is -2.50. The van der Waals surface area contributed by atoms with Gasteiger partial charge in [0.05, 0.1) is 26.7 Å². The first-order valence-electron chi connectivity index (χ1n) is 3.07. The van der Waals surface area contributed by atoms with Crippen LogP contribution in [0.1, 0.15) is 20.8 Å². The van der Waals surface area contributed by atoms with Crippen LogP contribution in [0.5, 0.6) is 0 Å². The zero-order chi connectivity index (χ0) is 7.00. The molecule has 0 aliphatic carbocycles. The summed E-state index contributed by atoms with van der Waals surface area (Å²) >= 11 is 0. The van der Waals surface area contributed by atoms with Crippen LogP contribution in [-0.2, 0) is 0 Å². The molecule has 0 rings (SSSR count). The zero-order valence-corrected chi connectivity index (χ0v) is 7.39. The van der Waals surface area contributed by atoms with Crippen molar-refractivity contribution in [1.29, 1.82) is 0 Å². The largest absolute Gasteiger partial charge is 0.870 e. The third-order valence-electron chi connectivity index (χ3n) is 2.01. The Bertz CT molecular complexity index is 63.9. The highest BCUT2D eigenvalue weighted by atomic mass is 16.0. The zero-order valence-electron chi connectivity index (χ0n) is 7.39. The van der Waals surface area contributed by atoms with Gasteiger partial charge in [0.15, 0.2) is 0 Å². The van der Waals surface area contributed by atoms with E-state index in [0.717, 1.165) is 4.48 Å². The molecule has 0 saturated carbocycles. The molecule has 0 amide bonds. The van der Waals surface area contributed by atoms with Crippen LogP contribution in [0, 0.1) is 0 Å². The molecule has 0 fully saturated rings. The summed E-state index contributed by atoms with van der Waals surface area (Å²) in [7, 11) is 6.62. The smallest absolute Gasteiger partial charge is 0.0901 e. The van der Waals surface area contributed by atoms with Crippen molar-refractivity contribution in [3.8, 4) is 0 Å². The summed E-state index contributed by atoms with van der Waals surface area (Å²) in [5.74, 6) is 0. The molecule has 9 heavy (non-hydrogen) atoms. The van der Waals surface area contributed by atoms with Crippen molar-refractivity contribution in [1.82, 2.24) is 0 Å². The molecule has 2 heteroatoms. The predicted octanol–water partition coefficient (Wildman–Crippen LogP) is 1.31. The van der Waals surface area contributed by atoms with Gasteiger partial charge in [0.1, 0.15) is 0 Å². The highest BCUT2D eigenvalue weighted by Crippen LogP contribution is 2.14. The molecule has 0 unspecified atom stereocenters. The summed E-state index contributed by atoms with van der Waals surface area (Å²) < 4.78 is 1.02. The standard InChI is InChI=1S/C7H18N.H2O/c1-7(2,3)8(4,5)6;/h1-6H3;1H2/q+1;/p-1. The van der Waals surface area contributed by atoms with E-state index in [4.69, 9.17) is 0 Å². The maximum Gasteiger partial charge on any atom is 0.0901 e. The van der Waals surface area contributed by atoms with Gasteiger partial charge in [-0.2, -0.15) is 0 Å². The summed E-state index contributed by atoms with van der Waals surface area (Å²) in [6.45, 7) is 6.73. The van der Waals surface area contributed by atoms with E-state index in [2.05, 4.69) is 41.9 Å². The van der Waals surface area contributed by atoms with Gasteiger partial charge in [0.25, 0.3) is 0 Å². The molecule has 2 nitrogen and oxygen atoms in total. The van der Waals surface area contributed by atoms with Gasteiger partial charge in [0.2, 0.25) is 0 Å². The second-order valence-corrected chi connectivity index (χ2v) is 4.18. The van der Waals surface area contributed by atoms with Gasteiger partial charge in [-0.25, -0.2) is 0 Å². The van der Waals surface area contributed by atoms with Gasteiger partial charge >= 0.3 is 0 Å². The normalized spacial score (nSPS) is 12.7. The fraction of sp³-hybridized carbons (Fsp3) is 1.00. The number of quaternary nitrogens is 1. The lowest BCUT2D eigenvalue weighted by molar-refractivity contribution is -0.917. The molecule has 0 radical (unpaired) electrons. The van der Waals surface area contributed by atoms with Crippen molar-refractivity contribution in [2.24, 2.45) is 0 Å². The number of hydrogen-bond acceptors (Lipinski definition) is 1. The number of rotatable bonds is 0. The van der Waals surface area contributed by atoms with E-state index >= 15 is 0 Å². The predicted molar refractivity (Wildman–Crippen MR) is 39.7 cm³/mol. The van der Waals surface area contributed by atoms with Gasteiger partial charge < -0.3 is 9.96 Å². The molecule has 0 aliphatic heterocycles. The van der Waals surface area contributed by atoms with Crippen molar-refractivity contribution in [3.05, 3.63) is 0 Å². The molecule has 1 N–H and O–H groups in total. The summed E-state index contributed by atoms with van der Waals surface area (Å²) in [5, 5.41) is 0. The third kappa shape index (κ3) is 3.49. The van der Waals surface area contributed by atoms with Crippen LogP contribution in [0.3, 0.4) is 0 Å². The van der Waals surface area contributed by atoms with Crippen LogP contribution >= 0.6 is 0 Å². The van der Waals surface area contributed by atoms with Crippen molar-refractivity contribution in [2.75, 3.05) is 21.1 Å². The van der Waals surface area contributed by atoms with Crippen LogP contribution < -0.4 is 0 Å². The monoisotopic (exact) mass is 133 g/mol. The van der Waals surface area contributed by atoms with Crippen LogP contribution in [0.25, 0.3) is 0 Å². The van der Waals surface area contributed by atoms with E-state index in [1.165, 1.54) is 0 Å². The Morgan fingerprint density at radius 1 is 0.889 bits per heavy atom. The van der Waals surface area contributed by atoms with Gasteiger partial charge in [-0.3, -0.25) is 0 Å². The van der Waals surface area contributed by atoms with Crippen LogP contribution in [0.4, 0.5) is 0 Å². The van der Waals surface area contributed by atoms with Crippen molar-refractivity contribution in [3.63, 3.8) is 0 Å². The van der Waals surface area contributed by atoms with Crippen LogP contribution in [-0.4, -0.2) is 36.6 Å². The molecule has 0 saturated heterocycles. The Kier molecular flexibility index (Phi) is 3.47. The Labute approximate surface area is 58.4 Å². The minimum absolute atomic E-state index is 0. The lowest BCUT2D eigenvalue weighted by Gasteiger charge is -2.38. The lowest BCUT2D eigenvalue weighted by atomic mass is 10.1. The van der Waals surface area contributed by atoms with E-state index in [1.54, 1.807) is 0 Å². The Morgan fingerprint density at radius 3 is 1.00 bits per heavy atom. The first-order valence-corrected chi connectivity index (χ1v) is 3.07. The number of hydrogen-bond donors (Lipinski definition) is 0. The summed E-state index contributed by atoms with van der Waals surface area (Å²) in [4.78, 5) is 0. The molecule has 58 valence electrons. The highest BCUT2D eigenvalue weighted by molar-refractivity contribution is 4.57. The fourth-order valence-electron chi connectivity index (χ4n) is 0. The first kappa shape index (κ1) is 11.7. The maximum absolute atomic E-state index is 2.24. The SMILES string of the molecule is CC(C)(C)[N+](C)(C)C.[OH-]. The number of nitrogens with zero attached hydrogens (tertiary/aromatic N) is 1. The molecule has 0 bridgehead atoms. The molecular formula is C7H19NO. The topological polar surface area (TPSA) is 30.0 Å². The van der Waals surface area contributed by atoms with Gasteiger partial charge in [0, 0.05) is 0 Å². The average Bonchev–Trinajstić information content (AvgIpc) is 1.25. The van der Waals surface area contributed by atoms with Gasteiger partial charge in [-0.1, -0.05) is 0 Å². The van der Waals surface area contributed by atoms with Crippen LogP contribution in [0.15, 0.2) is 0 Å². The molecule has 0 heterocycles. The van der Waals surface area contributed by atoms with Gasteiger partial charge in [-0.15, -0.1) is 0 Å². The molecular weight excluding hydrogens is 114 g/mol.